The molecule has 0 aromatic rings. The number of piperidine rings is 1. The van der Waals surface area contributed by atoms with Crippen LogP contribution in [-0.4, -0.2) is 58.2 Å². The predicted octanol–water partition coefficient (Wildman–Crippen LogP) is -0.618. The van der Waals surface area contributed by atoms with E-state index in [9.17, 15) is 13.2 Å². The van der Waals surface area contributed by atoms with Crippen LogP contribution in [0.5, 0.6) is 0 Å². The van der Waals surface area contributed by atoms with Crippen molar-refractivity contribution < 1.29 is 13.2 Å². The first kappa shape index (κ1) is 15.4. The summed E-state index contributed by atoms with van der Waals surface area (Å²) in [6.07, 6.45) is 2.09. The van der Waals surface area contributed by atoms with Gasteiger partial charge in [0.2, 0.25) is 15.9 Å². The Kier molecular flexibility index (Phi) is 5.55. The Morgan fingerprint density at radius 3 is 2.67 bits per heavy atom. The number of nitrogens with one attached hydrogen (secondary N) is 2. The van der Waals surface area contributed by atoms with E-state index in [4.69, 9.17) is 0 Å². The molecule has 0 aromatic carbocycles. The van der Waals surface area contributed by atoms with E-state index >= 15 is 0 Å². The van der Waals surface area contributed by atoms with E-state index in [1.54, 1.807) is 14.1 Å². The van der Waals surface area contributed by atoms with Crippen molar-refractivity contribution in [3.63, 3.8) is 0 Å². The highest BCUT2D eigenvalue weighted by molar-refractivity contribution is 7.90. The Hall–Kier alpha value is -0.660. The van der Waals surface area contributed by atoms with E-state index in [0.29, 0.717) is 12.5 Å². The molecule has 106 valence electrons. The number of sulfonamides is 1. The molecule has 0 aromatic heterocycles. The van der Waals surface area contributed by atoms with E-state index in [0.717, 1.165) is 25.9 Å². The van der Waals surface area contributed by atoms with Crippen LogP contribution in [0.2, 0.25) is 0 Å². The molecule has 1 fully saturated rings. The average Bonchev–Trinajstić information content (AvgIpc) is 2.35. The Morgan fingerprint density at radius 2 is 2.17 bits per heavy atom. The molecule has 2 N–H and O–H groups in total. The van der Waals surface area contributed by atoms with Gasteiger partial charge in [-0.3, -0.25) is 4.79 Å². The van der Waals surface area contributed by atoms with Crippen molar-refractivity contribution in [1.29, 1.82) is 0 Å². The zero-order valence-electron chi connectivity index (χ0n) is 11.3. The Labute approximate surface area is 109 Å². The van der Waals surface area contributed by atoms with Gasteiger partial charge in [-0.15, -0.1) is 0 Å². The van der Waals surface area contributed by atoms with Crippen molar-refractivity contribution in [2.75, 3.05) is 33.7 Å². The molecular formula is C11H23N3O3S. The van der Waals surface area contributed by atoms with E-state index in [1.165, 1.54) is 11.8 Å². The third-order valence-electron chi connectivity index (χ3n) is 3.23. The lowest BCUT2D eigenvalue weighted by Crippen LogP contribution is -2.45. The molecule has 2 unspecified atom stereocenters. The fraction of sp³-hybridized carbons (Fsp3) is 0.909. The SMILES string of the molecule is CC(C(=O)N(C)C)S(=O)(=O)NCC1CCCNC1. The lowest BCUT2D eigenvalue weighted by atomic mass is 10.0. The second-order valence-electron chi connectivity index (χ2n) is 4.98. The number of amides is 1. The van der Waals surface area contributed by atoms with Gasteiger partial charge in [0.1, 0.15) is 0 Å². The van der Waals surface area contributed by atoms with Gasteiger partial charge < -0.3 is 10.2 Å². The topological polar surface area (TPSA) is 78.5 Å². The van der Waals surface area contributed by atoms with Gasteiger partial charge in [-0.1, -0.05) is 0 Å². The van der Waals surface area contributed by atoms with Crippen LogP contribution < -0.4 is 10.0 Å². The lowest BCUT2D eigenvalue weighted by molar-refractivity contribution is -0.127. The second kappa shape index (κ2) is 6.49. The molecule has 0 saturated carbocycles. The number of carbonyl (C=O) groups is 1. The van der Waals surface area contributed by atoms with Crippen LogP contribution in [0.15, 0.2) is 0 Å². The molecule has 1 heterocycles. The molecule has 1 aliphatic heterocycles. The maximum Gasteiger partial charge on any atom is 0.241 e. The van der Waals surface area contributed by atoms with Crippen molar-refractivity contribution in [2.45, 2.75) is 25.0 Å². The number of carbonyl (C=O) groups excluding carboxylic acids is 1. The summed E-state index contributed by atoms with van der Waals surface area (Å²) in [5, 5.41) is 2.19. The van der Waals surface area contributed by atoms with Crippen LogP contribution in [0, 0.1) is 5.92 Å². The Balaban J connectivity index is 2.50. The normalized spacial score (nSPS) is 22.5. The molecule has 2 atom stereocenters. The highest BCUT2D eigenvalue weighted by atomic mass is 32.2. The highest BCUT2D eigenvalue weighted by Gasteiger charge is 2.29. The minimum absolute atomic E-state index is 0.315. The monoisotopic (exact) mass is 277 g/mol. The molecule has 1 saturated heterocycles. The van der Waals surface area contributed by atoms with E-state index < -0.39 is 21.2 Å². The fourth-order valence-corrected chi connectivity index (χ4v) is 3.15. The summed E-state index contributed by atoms with van der Waals surface area (Å²) in [6, 6.07) is 0. The minimum Gasteiger partial charge on any atom is -0.348 e. The molecule has 18 heavy (non-hydrogen) atoms. The zero-order valence-corrected chi connectivity index (χ0v) is 12.1. The molecule has 0 aliphatic carbocycles. The van der Waals surface area contributed by atoms with E-state index in [-0.39, 0.29) is 0 Å². The smallest absolute Gasteiger partial charge is 0.241 e. The van der Waals surface area contributed by atoms with Crippen molar-refractivity contribution in [3.8, 4) is 0 Å². The third kappa shape index (κ3) is 4.22. The number of rotatable bonds is 5. The predicted molar refractivity (Wildman–Crippen MR) is 70.7 cm³/mol. The largest absolute Gasteiger partial charge is 0.348 e. The van der Waals surface area contributed by atoms with Gasteiger partial charge in [0.25, 0.3) is 0 Å². The van der Waals surface area contributed by atoms with Crippen molar-refractivity contribution >= 4 is 15.9 Å². The molecule has 0 radical (unpaired) electrons. The zero-order chi connectivity index (χ0) is 13.8. The molecule has 1 amide bonds. The lowest BCUT2D eigenvalue weighted by Gasteiger charge is -2.24. The standard InChI is InChI=1S/C11H23N3O3S/c1-9(11(15)14(2)3)18(16,17)13-8-10-5-4-6-12-7-10/h9-10,12-13H,4-8H2,1-3H3. The quantitative estimate of drug-likeness (QED) is 0.702. The first-order valence-corrected chi connectivity index (χ1v) is 7.79. The van der Waals surface area contributed by atoms with Gasteiger partial charge in [0.15, 0.2) is 5.25 Å². The first-order valence-electron chi connectivity index (χ1n) is 6.25. The Bertz CT molecular complexity index is 375. The van der Waals surface area contributed by atoms with Crippen molar-refractivity contribution in [3.05, 3.63) is 0 Å². The number of hydrogen-bond acceptors (Lipinski definition) is 4. The van der Waals surface area contributed by atoms with Gasteiger partial charge in [-0.25, -0.2) is 13.1 Å². The van der Waals surface area contributed by atoms with Crippen molar-refractivity contribution in [1.82, 2.24) is 14.9 Å². The second-order valence-corrected chi connectivity index (χ2v) is 7.07. The Morgan fingerprint density at radius 1 is 1.50 bits per heavy atom. The molecular weight excluding hydrogens is 254 g/mol. The van der Waals surface area contributed by atoms with Crippen LogP contribution in [0.4, 0.5) is 0 Å². The van der Waals surface area contributed by atoms with E-state index in [2.05, 4.69) is 10.0 Å². The molecule has 0 spiro atoms. The average molecular weight is 277 g/mol. The molecule has 7 heteroatoms. The summed E-state index contributed by atoms with van der Waals surface area (Å²) in [6.45, 7) is 3.65. The van der Waals surface area contributed by atoms with Gasteiger partial charge in [-0.2, -0.15) is 0 Å². The van der Waals surface area contributed by atoms with Crippen LogP contribution in [0.1, 0.15) is 19.8 Å². The van der Waals surface area contributed by atoms with Crippen LogP contribution in [0.25, 0.3) is 0 Å². The van der Waals surface area contributed by atoms with Crippen LogP contribution in [-0.2, 0) is 14.8 Å². The van der Waals surface area contributed by atoms with Crippen LogP contribution in [0.3, 0.4) is 0 Å². The summed E-state index contributed by atoms with van der Waals surface area (Å²) in [5.74, 6) is -0.0838. The maximum atomic E-state index is 11.9. The molecule has 6 nitrogen and oxygen atoms in total. The summed E-state index contributed by atoms with van der Waals surface area (Å²) in [5.41, 5.74) is 0. The number of hydrogen-bond donors (Lipinski definition) is 2. The van der Waals surface area contributed by atoms with Crippen LogP contribution >= 0.6 is 0 Å². The van der Waals surface area contributed by atoms with Gasteiger partial charge >= 0.3 is 0 Å². The van der Waals surface area contributed by atoms with Gasteiger partial charge in [0.05, 0.1) is 0 Å². The highest BCUT2D eigenvalue weighted by Crippen LogP contribution is 2.10. The van der Waals surface area contributed by atoms with E-state index in [1.807, 2.05) is 0 Å². The summed E-state index contributed by atoms with van der Waals surface area (Å²) in [4.78, 5) is 12.9. The summed E-state index contributed by atoms with van der Waals surface area (Å²) in [7, 11) is -0.463. The molecule has 1 aliphatic rings. The van der Waals surface area contributed by atoms with Crippen molar-refractivity contribution in [2.24, 2.45) is 5.92 Å². The maximum absolute atomic E-state index is 11.9. The minimum atomic E-state index is -3.57. The number of nitrogens with zero attached hydrogens (tertiary/aromatic N) is 1. The molecule has 1 rings (SSSR count). The summed E-state index contributed by atoms with van der Waals surface area (Å²) >= 11 is 0. The summed E-state index contributed by atoms with van der Waals surface area (Å²) < 4.78 is 26.4. The van der Waals surface area contributed by atoms with Gasteiger partial charge in [-0.05, 0) is 38.8 Å². The third-order valence-corrected chi connectivity index (χ3v) is 4.93. The first-order chi connectivity index (χ1) is 8.34. The fourth-order valence-electron chi connectivity index (χ4n) is 1.95. The van der Waals surface area contributed by atoms with Gasteiger partial charge in [0, 0.05) is 20.6 Å². The molecule has 0 bridgehead atoms.